The van der Waals surface area contributed by atoms with Crippen molar-refractivity contribution in [2.75, 3.05) is 17.2 Å². The van der Waals surface area contributed by atoms with Gasteiger partial charge in [-0.2, -0.15) is 0 Å². The minimum atomic E-state index is -0.874. The molecule has 2 rings (SSSR count). The van der Waals surface area contributed by atoms with E-state index in [2.05, 4.69) is 15.6 Å². The van der Waals surface area contributed by atoms with Crippen LogP contribution in [0.25, 0.3) is 0 Å². The number of anilines is 3. The van der Waals surface area contributed by atoms with Gasteiger partial charge in [-0.05, 0) is 25.1 Å². The second kappa shape index (κ2) is 5.44. The fourth-order valence-electron chi connectivity index (χ4n) is 1.53. The van der Waals surface area contributed by atoms with E-state index in [1.54, 1.807) is 18.3 Å². The first-order valence-corrected chi connectivity index (χ1v) is 5.61. The third-order valence-corrected chi connectivity index (χ3v) is 2.33. The summed E-state index contributed by atoms with van der Waals surface area (Å²) in [5, 5.41) is 6.05. The third kappa shape index (κ3) is 2.94. The largest absolute Gasteiger partial charge is 0.370 e. The summed E-state index contributed by atoms with van der Waals surface area (Å²) >= 11 is 0. The average molecular weight is 249 g/mol. The van der Waals surface area contributed by atoms with Gasteiger partial charge >= 0.3 is 0 Å². The van der Waals surface area contributed by atoms with Gasteiger partial charge in [0, 0.05) is 36.2 Å². The molecule has 0 amide bonds. The van der Waals surface area contributed by atoms with Crippen LogP contribution in [0.15, 0.2) is 36.5 Å². The van der Waals surface area contributed by atoms with Crippen molar-refractivity contribution in [1.82, 2.24) is 4.98 Å². The van der Waals surface area contributed by atoms with Crippen molar-refractivity contribution in [3.63, 3.8) is 0 Å². The summed E-state index contributed by atoms with van der Waals surface area (Å²) in [7, 11) is 0. The van der Waals surface area contributed by atoms with E-state index in [9.17, 15) is 8.78 Å². The van der Waals surface area contributed by atoms with E-state index >= 15 is 0 Å². The quantitative estimate of drug-likeness (QED) is 0.870. The third-order valence-electron chi connectivity index (χ3n) is 2.33. The van der Waals surface area contributed by atoms with Crippen LogP contribution in [0.3, 0.4) is 0 Å². The number of halogens is 2. The molecule has 0 bridgehead atoms. The van der Waals surface area contributed by atoms with Gasteiger partial charge in [-0.15, -0.1) is 0 Å². The van der Waals surface area contributed by atoms with Gasteiger partial charge in [-0.25, -0.2) is 13.8 Å². The van der Waals surface area contributed by atoms with Crippen molar-refractivity contribution < 1.29 is 8.78 Å². The molecule has 0 aliphatic rings. The lowest BCUT2D eigenvalue weighted by Gasteiger charge is -2.08. The fourth-order valence-corrected chi connectivity index (χ4v) is 1.53. The molecule has 0 fully saturated rings. The summed E-state index contributed by atoms with van der Waals surface area (Å²) in [4.78, 5) is 4.12. The number of benzene rings is 1. The lowest BCUT2D eigenvalue weighted by molar-refractivity contribution is 0.509. The van der Waals surface area contributed by atoms with Crippen LogP contribution < -0.4 is 10.6 Å². The molecule has 0 aliphatic heterocycles. The molecule has 0 atom stereocenters. The van der Waals surface area contributed by atoms with Crippen LogP contribution >= 0.6 is 0 Å². The van der Waals surface area contributed by atoms with Gasteiger partial charge in [0.1, 0.15) is 5.82 Å². The van der Waals surface area contributed by atoms with Crippen LogP contribution in [0.5, 0.6) is 0 Å². The Morgan fingerprint density at radius 2 is 1.83 bits per heavy atom. The van der Waals surface area contributed by atoms with E-state index in [1.165, 1.54) is 6.07 Å². The summed E-state index contributed by atoms with van der Waals surface area (Å²) in [6.07, 6.45) is 1.64. The number of nitrogens with one attached hydrogen (secondary N) is 2. The van der Waals surface area contributed by atoms with Crippen LogP contribution in [0.1, 0.15) is 6.92 Å². The first kappa shape index (κ1) is 12.3. The van der Waals surface area contributed by atoms with E-state index in [0.29, 0.717) is 5.69 Å². The lowest BCUT2D eigenvalue weighted by Crippen LogP contribution is -2.00. The van der Waals surface area contributed by atoms with Gasteiger partial charge in [0.05, 0.1) is 0 Å². The first-order chi connectivity index (χ1) is 8.69. The highest BCUT2D eigenvalue weighted by molar-refractivity contribution is 5.62. The van der Waals surface area contributed by atoms with E-state index < -0.39 is 11.6 Å². The molecular formula is C13H13F2N3. The lowest BCUT2D eigenvalue weighted by atomic mass is 10.3. The van der Waals surface area contributed by atoms with Crippen LogP contribution in [-0.4, -0.2) is 11.5 Å². The second-order valence-corrected chi connectivity index (χ2v) is 3.71. The molecule has 18 heavy (non-hydrogen) atoms. The van der Waals surface area contributed by atoms with Gasteiger partial charge in [-0.1, -0.05) is 0 Å². The first-order valence-electron chi connectivity index (χ1n) is 5.61. The Labute approximate surface area is 104 Å². The van der Waals surface area contributed by atoms with Crippen molar-refractivity contribution in [3.05, 3.63) is 48.2 Å². The van der Waals surface area contributed by atoms with E-state index in [4.69, 9.17) is 0 Å². The molecular weight excluding hydrogens is 236 g/mol. The molecule has 0 aliphatic carbocycles. The Morgan fingerprint density at radius 1 is 1.06 bits per heavy atom. The molecule has 2 N–H and O–H groups in total. The smallest absolute Gasteiger partial charge is 0.160 e. The SMILES string of the molecule is CCNc1cc(Nc2ccc(F)c(F)c2)ccn1. The Balaban J connectivity index is 2.17. The summed E-state index contributed by atoms with van der Waals surface area (Å²) in [6.45, 7) is 2.73. The van der Waals surface area contributed by atoms with Crippen molar-refractivity contribution in [3.8, 4) is 0 Å². The maximum atomic E-state index is 13.0. The number of hydrogen-bond donors (Lipinski definition) is 2. The van der Waals surface area contributed by atoms with Crippen molar-refractivity contribution in [2.45, 2.75) is 6.92 Å². The highest BCUT2D eigenvalue weighted by atomic mass is 19.2. The standard InChI is InChI=1S/C13H13F2N3/c1-2-16-13-8-10(5-6-17-13)18-9-3-4-11(14)12(15)7-9/h3-8H,2H2,1H3,(H2,16,17,18). The average Bonchev–Trinajstić information content (AvgIpc) is 2.35. The highest BCUT2D eigenvalue weighted by Crippen LogP contribution is 2.20. The molecule has 0 unspecified atom stereocenters. The maximum absolute atomic E-state index is 13.0. The van der Waals surface area contributed by atoms with Crippen LogP contribution in [0.4, 0.5) is 26.0 Å². The second-order valence-electron chi connectivity index (χ2n) is 3.71. The molecule has 2 aromatic rings. The van der Waals surface area contributed by atoms with Gasteiger partial charge in [0.15, 0.2) is 11.6 Å². The summed E-state index contributed by atoms with van der Waals surface area (Å²) in [5.41, 5.74) is 1.24. The van der Waals surface area contributed by atoms with Gasteiger partial charge in [0.25, 0.3) is 0 Å². The molecule has 5 heteroatoms. The maximum Gasteiger partial charge on any atom is 0.160 e. The zero-order chi connectivity index (χ0) is 13.0. The summed E-state index contributed by atoms with van der Waals surface area (Å²) in [5.74, 6) is -1.00. The van der Waals surface area contributed by atoms with Crippen LogP contribution in [-0.2, 0) is 0 Å². The highest BCUT2D eigenvalue weighted by Gasteiger charge is 2.03. The van der Waals surface area contributed by atoms with Crippen LogP contribution in [0.2, 0.25) is 0 Å². The number of nitrogens with zero attached hydrogens (tertiary/aromatic N) is 1. The zero-order valence-electron chi connectivity index (χ0n) is 9.87. The van der Waals surface area contributed by atoms with E-state index in [1.807, 2.05) is 6.92 Å². The summed E-state index contributed by atoms with van der Waals surface area (Å²) < 4.78 is 25.8. The van der Waals surface area contributed by atoms with Crippen LogP contribution in [0, 0.1) is 11.6 Å². The Hall–Kier alpha value is -2.17. The molecule has 0 saturated heterocycles. The van der Waals surface area contributed by atoms with Crippen molar-refractivity contribution in [2.24, 2.45) is 0 Å². The zero-order valence-corrected chi connectivity index (χ0v) is 9.87. The number of aromatic nitrogens is 1. The molecule has 1 aromatic heterocycles. The Morgan fingerprint density at radius 3 is 2.56 bits per heavy atom. The van der Waals surface area contributed by atoms with Gasteiger partial charge in [0.2, 0.25) is 0 Å². The van der Waals surface area contributed by atoms with Gasteiger partial charge < -0.3 is 10.6 Å². The molecule has 0 saturated carbocycles. The van der Waals surface area contributed by atoms with Gasteiger partial charge in [-0.3, -0.25) is 0 Å². The van der Waals surface area contributed by atoms with Crippen molar-refractivity contribution >= 4 is 17.2 Å². The molecule has 3 nitrogen and oxygen atoms in total. The number of rotatable bonds is 4. The minimum Gasteiger partial charge on any atom is -0.370 e. The Bertz CT molecular complexity index is 544. The molecule has 0 radical (unpaired) electrons. The molecule has 1 aromatic carbocycles. The molecule has 0 spiro atoms. The Kier molecular flexibility index (Phi) is 3.72. The molecule has 1 heterocycles. The van der Waals surface area contributed by atoms with E-state index in [0.717, 1.165) is 30.2 Å². The van der Waals surface area contributed by atoms with E-state index in [-0.39, 0.29) is 0 Å². The normalized spacial score (nSPS) is 10.2. The van der Waals surface area contributed by atoms with Crippen molar-refractivity contribution in [1.29, 1.82) is 0 Å². The summed E-state index contributed by atoms with van der Waals surface area (Å²) in [6, 6.07) is 7.23. The molecule has 94 valence electrons. The number of hydrogen-bond acceptors (Lipinski definition) is 3. The topological polar surface area (TPSA) is 37.0 Å². The predicted octanol–water partition coefficient (Wildman–Crippen LogP) is 3.54. The predicted molar refractivity (Wildman–Crippen MR) is 68.0 cm³/mol. The minimum absolute atomic E-state index is 0.488. The number of pyridine rings is 1. The fraction of sp³-hybridized carbons (Fsp3) is 0.154. The monoisotopic (exact) mass is 249 g/mol.